The molecule has 1 unspecified atom stereocenters. The fraction of sp³-hybridized carbons (Fsp3) is 0.455. The number of hydrogen-bond acceptors (Lipinski definition) is 2. The molecule has 1 atom stereocenters. The van der Waals surface area contributed by atoms with Crippen LogP contribution in [0, 0.1) is 0 Å². The van der Waals surface area contributed by atoms with Crippen LogP contribution in [-0.4, -0.2) is 18.8 Å². The van der Waals surface area contributed by atoms with Crippen molar-refractivity contribution in [2.24, 2.45) is 0 Å². The lowest BCUT2D eigenvalue weighted by Crippen LogP contribution is -2.29. The minimum Gasteiger partial charge on any atom is -0.393 e. The number of aliphatic hydroxyl groups excluding tert-OH is 1. The van der Waals surface area contributed by atoms with Gasteiger partial charge in [0.15, 0.2) is 0 Å². The van der Waals surface area contributed by atoms with Crippen molar-refractivity contribution >= 4 is 15.9 Å². The predicted octanol–water partition coefficient (Wildman–Crippen LogP) is 2.23. The summed E-state index contributed by atoms with van der Waals surface area (Å²) in [4.78, 5) is 0. The molecule has 3 heteroatoms. The summed E-state index contributed by atoms with van der Waals surface area (Å²) in [5.41, 5.74) is 1.94. The van der Waals surface area contributed by atoms with Gasteiger partial charge < -0.3 is 9.84 Å². The van der Waals surface area contributed by atoms with Crippen LogP contribution in [0.25, 0.3) is 0 Å². The van der Waals surface area contributed by atoms with Gasteiger partial charge in [-0.15, -0.1) is 0 Å². The lowest BCUT2D eigenvalue weighted by atomic mass is 9.97. The minimum atomic E-state index is -0.462. The average Bonchev–Trinajstić information content (AvgIpc) is 2.56. The van der Waals surface area contributed by atoms with Gasteiger partial charge >= 0.3 is 0 Å². The van der Waals surface area contributed by atoms with Crippen LogP contribution >= 0.6 is 15.9 Å². The Morgan fingerprint density at radius 3 is 3.00 bits per heavy atom. The molecule has 1 aromatic rings. The molecule has 0 spiro atoms. The molecule has 1 aliphatic rings. The zero-order valence-corrected chi connectivity index (χ0v) is 9.67. The number of halogens is 1. The van der Waals surface area contributed by atoms with Crippen LogP contribution in [0.2, 0.25) is 0 Å². The van der Waals surface area contributed by atoms with E-state index in [0.717, 1.165) is 22.9 Å². The Bertz CT molecular complexity index is 345. The van der Waals surface area contributed by atoms with E-state index >= 15 is 0 Å². The van der Waals surface area contributed by atoms with Crippen molar-refractivity contribution in [1.29, 1.82) is 0 Å². The van der Waals surface area contributed by atoms with Gasteiger partial charge in [-0.05, 0) is 36.1 Å². The Kier molecular flexibility index (Phi) is 2.64. The number of hydrogen-bond donors (Lipinski definition) is 1. The summed E-state index contributed by atoms with van der Waals surface area (Å²) in [5.74, 6) is 0. The van der Waals surface area contributed by atoms with Crippen molar-refractivity contribution in [1.82, 2.24) is 0 Å². The summed E-state index contributed by atoms with van der Waals surface area (Å²) in [6, 6.07) is 6.13. The number of benzene rings is 1. The van der Waals surface area contributed by atoms with Crippen LogP contribution < -0.4 is 0 Å². The average molecular weight is 257 g/mol. The number of aliphatic hydroxyl groups is 1. The van der Waals surface area contributed by atoms with E-state index in [1.165, 1.54) is 5.56 Å². The van der Waals surface area contributed by atoms with Crippen molar-refractivity contribution in [2.45, 2.75) is 18.4 Å². The minimum absolute atomic E-state index is 0.0537. The number of fused-ring (bicyclic) bond motifs is 1. The molecule has 0 heterocycles. The molecule has 0 saturated heterocycles. The second-order valence-electron chi connectivity index (χ2n) is 3.66. The topological polar surface area (TPSA) is 29.5 Å². The van der Waals surface area contributed by atoms with Crippen LogP contribution in [0.1, 0.15) is 17.5 Å². The quantitative estimate of drug-likeness (QED) is 0.880. The second kappa shape index (κ2) is 3.65. The molecule has 0 saturated carbocycles. The first kappa shape index (κ1) is 10.1. The summed E-state index contributed by atoms with van der Waals surface area (Å²) in [6.45, 7) is 0.0537. The normalized spacial score (nSPS) is 25.1. The smallest absolute Gasteiger partial charge is 0.116 e. The zero-order valence-electron chi connectivity index (χ0n) is 8.09. The molecular formula is C11H13BrO2. The summed E-state index contributed by atoms with van der Waals surface area (Å²) < 4.78 is 6.53. The monoisotopic (exact) mass is 256 g/mol. The molecule has 1 aliphatic carbocycles. The van der Waals surface area contributed by atoms with Crippen LogP contribution in [0.5, 0.6) is 0 Å². The van der Waals surface area contributed by atoms with Gasteiger partial charge in [-0.2, -0.15) is 0 Å². The summed E-state index contributed by atoms with van der Waals surface area (Å²) in [6.07, 6.45) is 1.84. The van der Waals surface area contributed by atoms with E-state index in [1.54, 1.807) is 7.11 Å². The predicted molar refractivity (Wildman–Crippen MR) is 58.2 cm³/mol. The molecule has 0 radical (unpaired) electrons. The highest BCUT2D eigenvalue weighted by atomic mass is 79.9. The first-order chi connectivity index (χ1) is 6.72. The first-order valence-electron chi connectivity index (χ1n) is 4.67. The largest absolute Gasteiger partial charge is 0.393 e. The van der Waals surface area contributed by atoms with E-state index < -0.39 is 5.60 Å². The van der Waals surface area contributed by atoms with Gasteiger partial charge in [0.25, 0.3) is 0 Å². The van der Waals surface area contributed by atoms with Crippen molar-refractivity contribution in [3.8, 4) is 0 Å². The van der Waals surface area contributed by atoms with Gasteiger partial charge in [-0.1, -0.05) is 22.0 Å². The number of ether oxygens (including phenoxy) is 1. The zero-order chi connectivity index (χ0) is 10.2. The molecule has 14 heavy (non-hydrogen) atoms. The van der Waals surface area contributed by atoms with Crippen molar-refractivity contribution in [2.75, 3.05) is 13.7 Å². The molecule has 2 rings (SSSR count). The molecule has 1 aromatic carbocycles. The number of rotatable bonds is 2. The van der Waals surface area contributed by atoms with Gasteiger partial charge in [-0.3, -0.25) is 0 Å². The molecule has 0 aliphatic heterocycles. The highest BCUT2D eigenvalue weighted by Crippen LogP contribution is 2.40. The van der Waals surface area contributed by atoms with E-state index in [9.17, 15) is 5.11 Å². The van der Waals surface area contributed by atoms with Gasteiger partial charge in [-0.25, -0.2) is 0 Å². The SMILES string of the molecule is COC1(CO)CCc2cc(Br)ccc21. The van der Waals surface area contributed by atoms with Crippen molar-refractivity contribution < 1.29 is 9.84 Å². The Labute approximate surface area is 92.0 Å². The van der Waals surface area contributed by atoms with Gasteiger partial charge in [0, 0.05) is 11.6 Å². The molecule has 0 aromatic heterocycles. The molecule has 2 nitrogen and oxygen atoms in total. The Morgan fingerprint density at radius 2 is 2.36 bits per heavy atom. The Morgan fingerprint density at radius 1 is 1.57 bits per heavy atom. The lowest BCUT2D eigenvalue weighted by molar-refractivity contribution is -0.0554. The maximum absolute atomic E-state index is 9.40. The fourth-order valence-corrected chi connectivity index (χ4v) is 2.53. The third-order valence-corrected chi connectivity index (χ3v) is 3.50. The van der Waals surface area contributed by atoms with Gasteiger partial charge in [0.05, 0.1) is 6.61 Å². The fourth-order valence-electron chi connectivity index (χ4n) is 2.13. The number of aryl methyl sites for hydroxylation is 1. The molecule has 76 valence electrons. The molecule has 0 amide bonds. The molecule has 1 N–H and O–H groups in total. The maximum Gasteiger partial charge on any atom is 0.116 e. The first-order valence-corrected chi connectivity index (χ1v) is 5.46. The second-order valence-corrected chi connectivity index (χ2v) is 4.57. The third-order valence-electron chi connectivity index (χ3n) is 3.00. The third kappa shape index (κ3) is 1.40. The van der Waals surface area contributed by atoms with Crippen LogP contribution in [0.4, 0.5) is 0 Å². The van der Waals surface area contributed by atoms with Gasteiger partial charge in [0.1, 0.15) is 5.60 Å². The Hall–Kier alpha value is -0.380. The maximum atomic E-state index is 9.40. The lowest BCUT2D eigenvalue weighted by Gasteiger charge is -2.26. The molecular weight excluding hydrogens is 244 g/mol. The van der Waals surface area contributed by atoms with E-state index in [2.05, 4.69) is 22.0 Å². The van der Waals surface area contributed by atoms with Crippen LogP contribution in [0.3, 0.4) is 0 Å². The summed E-state index contributed by atoms with van der Waals surface area (Å²) in [7, 11) is 1.66. The van der Waals surface area contributed by atoms with Crippen molar-refractivity contribution in [3.05, 3.63) is 33.8 Å². The van der Waals surface area contributed by atoms with E-state index in [1.807, 2.05) is 12.1 Å². The van der Waals surface area contributed by atoms with E-state index in [-0.39, 0.29) is 6.61 Å². The Balaban J connectivity index is 2.48. The number of methoxy groups -OCH3 is 1. The molecule has 0 fully saturated rings. The highest BCUT2D eigenvalue weighted by molar-refractivity contribution is 9.10. The van der Waals surface area contributed by atoms with Gasteiger partial charge in [0.2, 0.25) is 0 Å². The standard InChI is InChI=1S/C11H13BrO2/c1-14-11(7-13)5-4-8-6-9(12)2-3-10(8)11/h2-3,6,13H,4-5,7H2,1H3. The van der Waals surface area contributed by atoms with Crippen LogP contribution in [0.15, 0.2) is 22.7 Å². The highest BCUT2D eigenvalue weighted by Gasteiger charge is 2.38. The van der Waals surface area contributed by atoms with E-state index in [4.69, 9.17) is 4.74 Å². The van der Waals surface area contributed by atoms with Crippen molar-refractivity contribution in [3.63, 3.8) is 0 Å². The van der Waals surface area contributed by atoms with E-state index in [0.29, 0.717) is 0 Å². The summed E-state index contributed by atoms with van der Waals surface area (Å²) in [5, 5.41) is 9.40. The van der Waals surface area contributed by atoms with Crippen LogP contribution in [-0.2, 0) is 16.8 Å². The molecule has 0 bridgehead atoms. The summed E-state index contributed by atoms with van der Waals surface area (Å²) >= 11 is 3.44.